The summed E-state index contributed by atoms with van der Waals surface area (Å²) in [5.74, 6) is -1.03. The van der Waals surface area contributed by atoms with Gasteiger partial charge in [-0.2, -0.15) is 0 Å². The zero-order chi connectivity index (χ0) is 34.0. The third-order valence-electron chi connectivity index (χ3n) is 7.24. The van der Waals surface area contributed by atoms with Crippen LogP contribution in [0.25, 0.3) is 11.3 Å². The molecule has 5 aromatic rings. The van der Waals surface area contributed by atoms with Gasteiger partial charge in [0.25, 0.3) is 17.7 Å². The predicted molar refractivity (Wildman–Crippen MR) is 178 cm³/mol. The Morgan fingerprint density at radius 3 is 1.94 bits per heavy atom. The van der Waals surface area contributed by atoms with Crippen LogP contribution in [0.2, 0.25) is 0 Å². The molecule has 48 heavy (non-hydrogen) atoms. The van der Waals surface area contributed by atoms with Crippen molar-refractivity contribution in [2.75, 3.05) is 18.4 Å². The normalized spacial score (nSPS) is 10.9. The highest BCUT2D eigenvalue weighted by atomic mass is 16.5. The van der Waals surface area contributed by atoms with Gasteiger partial charge in [-0.05, 0) is 42.5 Å². The van der Waals surface area contributed by atoms with Gasteiger partial charge in [-0.3, -0.25) is 14.4 Å². The zero-order valence-corrected chi connectivity index (χ0v) is 27.2. The summed E-state index contributed by atoms with van der Waals surface area (Å²) in [6.07, 6.45) is 0. The molecule has 0 bridgehead atoms. The van der Waals surface area contributed by atoms with Gasteiger partial charge in [-0.1, -0.05) is 84.8 Å². The van der Waals surface area contributed by atoms with Crippen LogP contribution in [0, 0.1) is 0 Å². The van der Waals surface area contributed by atoms with Gasteiger partial charge in [-0.25, -0.2) is 0 Å². The summed E-state index contributed by atoms with van der Waals surface area (Å²) in [5.41, 5.74) is 2.94. The van der Waals surface area contributed by atoms with Crippen molar-refractivity contribution < 1.29 is 32.9 Å². The number of rotatable bonds is 14. The van der Waals surface area contributed by atoms with E-state index in [1.165, 1.54) is 6.07 Å². The summed E-state index contributed by atoms with van der Waals surface area (Å²) >= 11 is 0. The van der Waals surface area contributed by atoms with Crippen molar-refractivity contribution in [1.82, 2.24) is 20.9 Å². The lowest BCUT2D eigenvalue weighted by Gasteiger charge is -2.19. The van der Waals surface area contributed by atoms with E-state index in [2.05, 4.69) is 26.3 Å². The van der Waals surface area contributed by atoms with Crippen LogP contribution in [0.4, 0.5) is 5.69 Å². The number of ether oxygens (including phenoxy) is 2. The molecule has 0 aliphatic rings. The van der Waals surface area contributed by atoms with E-state index < -0.39 is 17.7 Å². The van der Waals surface area contributed by atoms with Gasteiger partial charge in [-0.15, -0.1) is 0 Å². The molecule has 248 valence electrons. The lowest BCUT2D eigenvalue weighted by Crippen LogP contribution is -2.25. The van der Waals surface area contributed by atoms with Gasteiger partial charge in [0, 0.05) is 25.2 Å². The van der Waals surface area contributed by atoms with Crippen molar-refractivity contribution in [2.45, 2.75) is 46.8 Å². The van der Waals surface area contributed by atoms with Crippen LogP contribution in [0.1, 0.15) is 81.8 Å². The Hall–Kier alpha value is -5.91. The van der Waals surface area contributed by atoms with E-state index >= 15 is 0 Å². The average molecular weight is 652 g/mol. The molecule has 0 spiro atoms. The highest BCUT2D eigenvalue weighted by Crippen LogP contribution is 2.43. The van der Waals surface area contributed by atoms with Gasteiger partial charge in [0.1, 0.15) is 30.4 Å². The molecule has 0 saturated carbocycles. The highest BCUT2D eigenvalue weighted by molar-refractivity contribution is 6.10. The molecule has 3 N–H and O–H groups in total. The summed E-state index contributed by atoms with van der Waals surface area (Å²) in [4.78, 5) is 38.8. The number of carbonyl (C=O) groups excluding carboxylic acids is 3. The molecule has 2 aromatic heterocycles. The Labute approximate surface area is 277 Å². The molecule has 3 aromatic carbocycles. The fourth-order valence-electron chi connectivity index (χ4n) is 4.83. The van der Waals surface area contributed by atoms with E-state index in [4.69, 9.17) is 18.5 Å². The van der Waals surface area contributed by atoms with Crippen molar-refractivity contribution in [3.8, 4) is 22.8 Å². The van der Waals surface area contributed by atoms with Crippen molar-refractivity contribution >= 4 is 23.4 Å². The maximum Gasteiger partial charge on any atom is 0.294 e. The van der Waals surface area contributed by atoms with Gasteiger partial charge in [0.05, 0.1) is 5.56 Å². The minimum atomic E-state index is -0.772. The summed E-state index contributed by atoms with van der Waals surface area (Å²) in [6.45, 7) is 8.79. The van der Waals surface area contributed by atoms with E-state index in [1.807, 2.05) is 80.6 Å². The SMILES string of the molecule is CCNC(=O)c1cc(C(=O)Nc2c(C(=O)NCC)noc2-c2cc(C(C)C)c(OCc3ccccc3)cc2OCc2ccccc2)on1. The number of benzene rings is 3. The Bertz CT molecular complexity index is 1870. The first-order chi connectivity index (χ1) is 23.3. The van der Waals surface area contributed by atoms with Crippen molar-refractivity contribution in [3.05, 3.63) is 113 Å². The Morgan fingerprint density at radius 1 is 0.729 bits per heavy atom. The second-order valence-corrected chi connectivity index (χ2v) is 11.1. The smallest absolute Gasteiger partial charge is 0.294 e. The maximum absolute atomic E-state index is 13.4. The molecule has 5 rings (SSSR count). The van der Waals surface area contributed by atoms with Gasteiger partial charge in [0.15, 0.2) is 17.1 Å². The number of carbonyl (C=O) groups is 3. The summed E-state index contributed by atoms with van der Waals surface area (Å²) in [6, 6.07) is 24.3. The van der Waals surface area contributed by atoms with Crippen LogP contribution in [0.15, 0.2) is 87.9 Å². The third-order valence-corrected chi connectivity index (χ3v) is 7.24. The number of hydrogen-bond acceptors (Lipinski definition) is 9. The quantitative estimate of drug-likeness (QED) is 0.124. The van der Waals surface area contributed by atoms with Crippen molar-refractivity contribution in [3.63, 3.8) is 0 Å². The molecular weight excluding hydrogens is 614 g/mol. The molecule has 0 radical (unpaired) electrons. The van der Waals surface area contributed by atoms with Gasteiger partial charge in [0.2, 0.25) is 5.76 Å². The molecule has 0 aliphatic heterocycles. The minimum absolute atomic E-state index is 0.00315. The van der Waals surface area contributed by atoms with Crippen LogP contribution in [-0.2, 0) is 13.2 Å². The fraction of sp³-hybridized carbons (Fsp3) is 0.250. The summed E-state index contributed by atoms with van der Waals surface area (Å²) in [7, 11) is 0. The molecule has 0 aliphatic carbocycles. The number of aromatic nitrogens is 2. The van der Waals surface area contributed by atoms with E-state index in [-0.39, 0.29) is 41.1 Å². The molecule has 0 unspecified atom stereocenters. The molecule has 2 heterocycles. The van der Waals surface area contributed by atoms with E-state index in [0.717, 1.165) is 16.7 Å². The minimum Gasteiger partial charge on any atom is -0.488 e. The number of anilines is 1. The molecule has 12 heteroatoms. The van der Waals surface area contributed by atoms with Crippen LogP contribution < -0.4 is 25.4 Å². The Kier molecular flexibility index (Phi) is 10.9. The second kappa shape index (κ2) is 15.6. The first-order valence-electron chi connectivity index (χ1n) is 15.6. The standard InChI is InChI=1S/C36H37N5O7/c1-5-37-34(42)27-18-30(47-40-27)35(43)39-31-32(36(44)38-6-2)41-48-33(31)26-17-25(22(3)4)28(45-20-23-13-9-7-10-14-23)19-29(26)46-21-24-15-11-8-12-16-24/h7-19,22H,5-6,20-21H2,1-4H3,(H,37,42)(H,38,44)(H,39,43). The highest BCUT2D eigenvalue weighted by Gasteiger charge is 2.29. The maximum atomic E-state index is 13.4. The fourth-order valence-corrected chi connectivity index (χ4v) is 4.83. The number of amides is 3. The van der Waals surface area contributed by atoms with Crippen LogP contribution in [0.3, 0.4) is 0 Å². The third kappa shape index (κ3) is 7.89. The average Bonchev–Trinajstić information content (AvgIpc) is 3.76. The molecule has 3 amide bonds. The Balaban J connectivity index is 1.59. The van der Waals surface area contributed by atoms with Crippen LogP contribution >= 0.6 is 0 Å². The molecule has 12 nitrogen and oxygen atoms in total. The molecule has 0 fully saturated rings. The Morgan fingerprint density at radius 2 is 1.33 bits per heavy atom. The van der Waals surface area contributed by atoms with E-state index in [9.17, 15) is 14.4 Å². The number of hydrogen-bond donors (Lipinski definition) is 3. The first kappa shape index (κ1) is 33.5. The van der Waals surface area contributed by atoms with Crippen LogP contribution in [0.5, 0.6) is 11.5 Å². The zero-order valence-electron chi connectivity index (χ0n) is 27.2. The topological polar surface area (TPSA) is 158 Å². The van der Waals surface area contributed by atoms with Crippen LogP contribution in [-0.4, -0.2) is 41.1 Å². The molecular formula is C36H37N5O7. The monoisotopic (exact) mass is 651 g/mol. The van der Waals surface area contributed by atoms with Crippen molar-refractivity contribution in [2.24, 2.45) is 0 Å². The number of nitrogens with one attached hydrogen (secondary N) is 3. The van der Waals surface area contributed by atoms with E-state index in [0.29, 0.717) is 36.8 Å². The summed E-state index contributed by atoms with van der Waals surface area (Å²) < 4.78 is 23.7. The summed E-state index contributed by atoms with van der Waals surface area (Å²) in [5, 5.41) is 15.7. The lowest BCUT2D eigenvalue weighted by molar-refractivity contribution is 0.0935. The molecule has 0 atom stereocenters. The van der Waals surface area contributed by atoms with Gasteiger partial charge < -0.3 is 34.5 Å². The largest absolute Gasteiger partial charge is 0.488 e. The lowest BCUT2D eigenvalue weighted by atomic mass is 9.97. The molecule has 0 saturated heterocycles. The number of nitrogens with zero attached hydrogens (tertiary/aromatic N) is 2. The second-order valence-electron chi connectivity index (χ2n) is 11.1. The van der Waals surface area contributed by atoms with E-state index in [1.54, 1.807) is 19.9 Å². The van der Waals surface area contributed by atoms with Gasteiger partial charge >= 0.3 is 0 Å². The van der Waals surface area contributed by atoms with Crippen molar-refractivity contribution in [1.29, 1.82) is 0 Å². The predicted octanol–water partition coefficient (Wildman–Crippen LogP) is 6.36. The first-order valence-corrected chi connectivity index (χ1v) is 15.6.